The number of benzene rings is 2. The molecule has 0 heterocycles. The van der Waals surface area contributed by atoms with Gasteiger partial charge in [-0.1, -0.05) is 61.5 Å². The van der Waals surface area contributed by atoms with E-state index in [-0.39, 0.29) is 0 Å². The highest BCUT2D eigenvalue weighted by Crippen LogP contribution is 2.12. The van der Waals surface area contributed by atoms with Crippen LogP contribution in [0.25, 0.3) is 0 Å². The summed E-state index contributed by atoms with van der Waals surface area (Å²) in [5.74, 6) is 0. The van der Waals surface area contributed by atoms with E-state index in [9.17, 15) is 0 Å². The van der Waals surface area contributed by atoms with E-state index in [0.29, 0.717) is 6.54 Å². The molecule has 2 rings (SSSR count). The first-order valence-corrected chi connectivity index (χ1v) is 7.36. The van der Waals surface area contributed by atoms with Gasteiger partial charge in [0.25, 0.3) is 0 Å². The average Bonchev–Trinajstić information content (AvgIpc) is 2.49. The van der Waals surface area contributed by atoms with Crippen LogP contribution in [-0.4, -0.2) is 11.4 Å². The summed E-state index contributed by atoms with van der Waals surface area (Å²) in [5, 5.41) is 0. The van der Waals surface area contributed by atoms with Crippen molar-refractivity contribution >= 4 is 0 Å². The largest absolute Gasteiger partial charge is 0.326 e. The van der Waals surface area contributed by atoms with Gasteiger partial charge in [-0.3, -0.25) is 4.90 Å². The van der Waals surface area contributed by atoms with Gasteiger partial charge in [0.05, 0.1) is 0 Å². The molecule has 0 amide bonds. The summed E-state index contributed by atoms with van der Waals surface area (Å²) in [4.78, 5) is 2.49. The molecule has 0 aliphatic heterocycles. The lowest BCUT2D eigenvalue weighted by atomic mass is 10.1. The van der Waals surface area contributed by atoms with Crippen molar-refractivity contribution in [3.8, 4) is 0 Å². The van der Waals surface area contributed by atoms with Crippen LogP contribution in [0.15, 0.2) is 54.6 Å². The summed E-state index contributed by atoms with van der Waals surface area (Å²) in [6.45, 7) is 5.94. The molecule has 2 aromatic rings. The van der Waals surface area contributed by atoms with E-state index in [4.69, 9.17) is 5.73 Å². The van der Waals surface area contributed by atoms with Crippen LogP contribution in [0.4, 0.5) is 0 Å². The topological polar surface area (TPSA) is 29.3 Å². The fraction of sp³-hybridized carbons (Fsp3) is 0.333. The lowest BCUT2D eigenvalue weighted by Crippen LogP contribution is -2.23. The van der Waals surface area contributed by atoms with Gasteiger partial charge in [0.1, 0.15) is 0 Å². The predicted molar refractivity (Wildman–Crippen MR) is 85.2 cm³/mol. The summed E-state index contributed by atoms with van der Waals surface area (Å²) >= 11 is 0. The molecule has 0 aliphatic rings. The highest BCUT2D eigenvalue weighted by atomic mass is 15.1. The molecular weight excluding hydrogens is 244 g/mol. The maximum Gasteiger partial charge on any atom is 0.0237 e. The Morgan fingerprint density at radius 1 is 0.850 bits per heavy atom. The van der Waals surface area contributed by atoms with E-state index < -0.39 is 0 Å². The Hall–Kier alpha value is -1.64. The second-order valence-corrected chi connectivity index (χ2v) is 5.22. The highest BCUT2D eigenvalue weighted by molar-refractivity contribution is 5.23. The highest BCUT2D eigenvalue weighted by Gasteiger charge is 2.06. The Balaban J connectivity index is 2.04. The van der Waals surface area contributed by atoms with Crippen LogP contribution in [0.3, 0.4) is 0 Å². The fourth-order valence-electron chi connectivity index (χ4n) is 2.49. The molecule has 0 bridgehead atoms. The van der Waals surface area contributed by atoms with E-state index in [1.807, 2.05) is 0 Å². The Kier molecular flexibility index (Phi) is 5.78. The van der Waals surface area contributed by atoms with Crippen molar-refractivity contribution in [3.05, 3.63) is 71.3 Å². The Morgan fingerprint density at radius 2 is 1.50 bits per heavy atom. The van der Waals surface area contributed by atoms with E-state index in [2.05, 4.69) is 66.4 Å². The van der Waals surface area contributed by atoms with Crippen molar-refractivity contribution in [2.45, 2.75) is 33.0 Å². The summed E-state index contributed by atoms with van der Waals surface area (Å²) in [6, 6.07) is 19.3. The quantitative estimate of drug-likeness (QED) is 0.832. The molecule has 2 nitrogen and oxygen atoms in total. The number of nitrogens with two attached hydrogens (primary N) is 1. The molecule has 0 spiro atoms. The smallest absolute Gasteiger partial charge is 0.0237 e. The van der Waals surface area contributed by atoms with Gasteiger partial charge in [0, 0.05) is 19.6 Å². The Bertz CT molecular complexity index is 508. The normalized spacial score (nSPS) is 10.9. The molecule has 2 N–H and O–H groups in total. The number of nitrogens with zero attached hydrogens (tertiary/aromatic N) is 1. The second kappa shape index (κ2) is 7.83. The summed E-state index contributed by atoms with van der Waals surface area (Å²) in [7, 11) is 0. The van der Waals surface area contributed by atoms with Crippen molar-refractivity contribution in [1.29, 1.82) is 0 Å². The molecule has 106 valence electrons. The van der Waals surface area contributed by atoms with Crippen molar-refractivity contribution in [2.75, 3.05) is 6.54 Å². The molecule has 0 saturated carbocycles. The molecule has 20 heavy (non-hydrogen) atoms. The number of rotatable bonds is 7. The fourth-order valence-corrected chi connectivity index (χ4v) is 2.49. The monoisotopic (exact) mass is 268 g/mol. The van der Waals surface area contributed by atoms with Gasteiger partial charge < -0.3 is 5.73 Å². The van der Waals surface area contributed by atoms with Crippen molar-refractivity contribution in [2.24, 2.45) is 5.73 Å². The zero-order chi connectivity index (χ0) is 14.2. The number of hydrogen-bond donors (Lipinski definition) is 1. The zero-order valence-corrected chi connectivity index (χ0v) is 12.3. The molecule has 0 radical (unpaired) electrons. The first-order valence-electron chi connectivity index (χ1n) is 7.36. The maximum absolute atomic E-state index is 5.72. The van der Waals surface area contributed by atoms with E-state index in [1.54, 1.807) is 0 Å². The summed E-state index contributed by atoms with van der Waals surface area (Å²) in [6.07, 6.45) is 1.17. The van der Waals surface area contributed by atoms with E-state index in [0.717, 1.165) is 19.6 Å². The molecule has 0 saturated heterocycles. The van der Waals surface area contributed by atoms with Crippen molar-refractivity contribution < 1.29 is 0 Å². The van der Waals surface area contributed by atoms with Gasteiger partial charge in [0.15, 0.2) is 0 Å². The van der Waals surface area contributed by atoms with Gasteiger partial charge in [-0.05, 0) is 29.7 Å². The average molecular weight is 268 g/mol. The van der Waals surface area contributed by atoms with Crippen LogP contribution in [0.2, 0.25) is 0 Å². The molecule has 0 fully saturated rings. The third-order valence-corrected chi connectivity index (χ3v) is 3.42. The Labute approximate surface area is 122 Å². The van der Waals surface area contributed by atoms with Crippen LogP contribution in [0, 0.1) is 0 Å². The van der Waals surface area contributed by atoms with Crippen molar-refractivity contribution in [1.82, 2.24) is 4.90 Å². The summed E-state index contributed by atoms with van der Waals surface area (Å²) in [5.41, 5.74) is 9.64. The molecule has 0 unspecified atom stereocenters. The lowest BCUT2D eigenvalue weighted by Gasteiger charge is -2.22. The third-order valence-electron chi connectivity index (χ3n) is 3.42. The van der Waals surface area contributed by atoms with Crippen LogP contribution in [-0.2, 0) is 19.6 Å². The molecule has 0 aliphatic carbocycles. The Morgan fingerprint density at radius 3 is 2.20 bits per heavy atom. The molecular formula is C18H24N2. The van der Waals surface area contributed by atoms with Crippen molar-refractivity contribution in [3.63, 3.8) is 0 Å². The second-order valence-electron chi connectivity index (χ2n) is 5.22. The van der Waals surface area contributed by atoms with Gasteiger partial charge in [-0.2, -0.15) is 0 Å². The van der Waals surface area contributed by atoms with Gasteiger partial charge in [-0.15, -0.1) is 0 Å². The minimum Gasteiger partial charge on any atom is -0.326 e. The SMILES string of the molecule is CCCN(Cc1ccccc1)Cc1cccc(CN)c1. The first-order chi connectivity index (χ1) is 9.81. The molecule has 0 aromatic heterocycles. The minimum atomic E-state index is 0.611. The maximum atomic E-state index is 5.72. The lowest BCUT2D eigenvalue weighted by molar-refractivity contribution is 0.257. The first kappa shape index (κ1) is 14.8. The molecule has 2 heteroatoms. The van der Waals surface area contributed by atoms with E-state index >= 15 is 0 Å². The zero-order valence-electron chi connectivity index (χ0n) is 12.3. The van der Waals surface area contributed by atoms with Crippen LogP contribution >= 0.6 is 0 Å². The van der Waals surface area contributed by atoms with Crippen LogP contribution < -0.4 is 5.73 Å². The standard InChI is InChI=1S/C18H24N2/c1-2-11-20(14-16-7-4-3-5-8-16)15-18-10-6-9-17(12-18)13-19/h3-10,12H,2,11,13-15,19H2,1H3. The molecule has 0 atom stereocenters. The number of hydrogen-bond acceptors (Lipinski definition) is 2. The summed E-state index contributed by atoms with van der Waals surface area (Å²) < 4.78 is 0. The van der Waals surface area contributed by atoms with Gasteiger partial charge in [0.2, 0.25) is 0 Å². The molecule has 2 aromatic carbocycles. The van der Waals surface area contributed by atoms with E-state index in [1.165, 1.54) is 23.1 Å². The van der Waals surface area contributed by atoms with Crippen LogP contribution in [0.1, 0.15) is 30.0 Å². The minimum absolute atomic E-state index is 0.611. The van der Waals surface area contributed by atoms with Crippen LogP contribution in [0.5, 0.6) is 0 Å². The third kappa shape index (κ3) is 4.48. The van der Waals surface area contributed by atoms with Gasteiger partial charge >= 0.3 is 0 Å². The van der Waals surface area contributed by atoms with Gasteiger partial charge in [-0.25, -0.2) is 0 Å². The predicted octanol–water partition coefficient (Wildman–Crippen LogP) is 3.56.